The average Bonchev–Trinajstić information content (AvgIpc) is 3.47. The van der Waals surface area contributed by atoms with E-state index in [4.69, 9.17) is 4.74 Å². The SMILES string of the molecule is COC(=O)c1cn(-c2ncn3c2c(=O)n(CCC2CNCCO2)c2ccccc23)nn1. The van der Waals surface area contributed by atoms with Crippen LogP contribution in [0.3, 0.4) is 0 Å². The number of carbonyl (C=O) groups is 1. The lowest BCUT2D eigenvalue weighted by Crippen LogP contribution is -2.39. The van der Waals surface area contributed by atoms with Crippen LogP contribution < -0.4 is 10.9 Å². The number of benzene rings is 1. The van der Waals surface area contributed by atoms with E-state index in [0.717, 1.165) is 24.1 Å². The van der Waals surface area contributed by atoms with E-state index in [1.54, 1.807) is 15.3 Å². The molecule has 4 heterocycles. The molecule has 31 heavy (non-hydrogen) atoms. The number of fused-ring (bicyclic) bond motifs is 3. The van der Waals surface area contributed by atoms with Gasteiger partial charge in [0.25, 0.3) is 5.56 Å². The number of nitrogens with zero attached hydrogens (tertiary/aromatic N) is 6. The number of hydrogen-bond donors (Lipinski definition) is 1. The van der Waals surface area contributed by atoms with Crippen LogP contribution in [-0.4, -0.2) is 67.8 Å². The first kappa shape index (κ1) is 19.4. The number of ether oxygens (including phenoxy) is 2. The van der Waals surface area contributed by atoms with Gasteiger partial charge in [-0.3, -0.25) is 9.20 Å². The largest absolute Gasteiger partial charge is 0.464 e. The number of para-hydroxylation sites is 2. The number of carbonyl (C=O) groups excluding carboxylic acids is 1. The van der Waals surface area contributed by atoms with Crippen molar-refractivity contribution in [2.24, 2.45) is 0 Å². The van der Waals surface area contributed by atoms with Gasteiger partial charge in [0.1, 0.15) is 6.33 Å². The van der Waals surface area contributed by atoms with Crippen molar-refractivity contribution in [3.05, 3.63) is 52.8 Å². The second-order valence-corrected chi connectivity index (χ2v) is 7.26. The molecule has 1 fully saturated rings. The highest BCUT2D eigenvalue weighted by Gasteiger charge is 2.21. The van der Waals surface area contributed by atoms with Gasteiger partial charge < -0.3 is 19.4 Å². The Balaban J connectivity index is 1.63. The fraction of sp³-hybridized carbons (Fsp3) is 0.350. The molecule has 1 aromatic carbocycles. The van der Waals surface area contributed by atoms with E-state index in [-0.39, 0.29) is 17.4 Å². The fourth-order valence-corrected chi connectivity index (χ4v) is 3.89. The summed E-state index contributed by atoms with van der Waals surface area (Å²) in [6.45, 7) is 2.77. The molecule has 1 unspecified atom stereocenters. The predicted molar refractivity (Wildman–Crippen MR) is 110 cm³/mol. The summed E-state index contributed by atoms with van der Waals surface area (Å²) in [5.41, 5.74) is 1.83. The Kier molecular flexibility index (Phi) is 4.96. The Morgan fingerprint density at radius 1 is 1.32 bits per heavy atom. The van der Waals surface area contributed by atoms with Crippen LogP contribution in [0.4, 0.5) is 0 Å². The number of aromatic nitrogens is 6. The standard InChI is InChI=1S/C20H21N7O4/c1-30-20(29)14-11-27(24-23-14)18-17-19(28)25(8-6-13-10-21-7-9-31-13)15-4-2-3-5-16(15)26(17)12-22-18/h2-5,11-13,21H,6-10H2,1H3. The van der Waals surface area contributed by atoms with Crippen molar-refractivity contribution >= 4 is 22.5 Å². The van der Waals surface area contributed by atoms with Crippen molar-refractivity contribution in [3.63, 3.8) is 0 Å². The van der Waals surface area contributed by atoms with E-state index in [0.29, 0.717) is 30.9 Å². The lowest BCUT2D eigenvalue weighted by molar-refractivity contribution is 0.0211. The van der Waals surface area contributed by atoms with E-state index < -0.39 is 5.97 Å². The molecule has 0 aliphatic carbocycles. The topological polar surface area (TPSA) is 118 Å². The van der Waals surface area contributed by atoms with Gasteiger partial charge in [-0.05, 0) is 18.6 Å². The third-order valence-corrected chi connectivity index (χ3v) is 5.41. The summed E-state index contributed by atoms with van der Waals surface area (Å²) >= 11 is 0. The zero-order valence-electron chi connectivity index (χ0n) is 16.9. The Morgan fingerprint density at radius 2 is 2.16 bits per heavy atom. The molecule has 1 atom stereocenters. The highest BCUT2D eigenvalue weighted by molar-refractivity contribution is 5.87. The van der Waals surface area contributed by atoms with Crippen LogP contribution in [0, 0.1) is 0 Å². The summed E-state index contributed by atoms with van der Waals surface area (Å²) in [7, 11) is 1.27. The highest BCUT2D eigenvalue weighted by atomic mass is 16.5. The van der Waals surface area contributed by atoms with E-state index in [9.17, 15) is 9.59 Å². The Bertz CT molecular complexity index is 1320. The van der Waals surface area contributed by atoms with Crippen molar-refractivity contribution in [3.8, 4) is 5.82 Å². The lowest BCUT2D eigenvalue weighted by atomic mass is 10.2. The van der Waals surface area contributed by atoms with E-state index in [1.807, 2.05) is 24.3 Å². The lowest BCUT2D eigenvalue weighted by Gasteiger charge is -2.24. The van der Waals surface area contributed by atoms with Gasteiger partial charge in [-0.2, -0.15) is 4.68 Å². The Morgan fingerprint density at radius 3 is 2.94 bits per heavy atom. The van der Waals surface area contributed by atoms with E-state index in [1.165, 1.54) is 18.0 Å². The van der Waals surface area contributed by atoms with Gasteiger partial charge in [0, 0.05) is 19.6 Å². The summed E-state index contributed by atoms with van der Waals surface area (Å²) in [5, 5.41) is 11.1. The van der Waals surface area contributed by atoms with Gasteiger partial charge in [-0.25, -0.2) is 9.78 Å². The molecule has 160 valence electrons. The quantitative estimate of drug-likeness (QED) is 0.458. The molecule has 1 N–H and O–H groups in total. The molecule has 11 nitrogen and oxygen atoms in total. The molecule has 0 saturated carbocycles. The number of rotatable bonds is 5. The summed E-state index contributed by atoms with van der Waals surface area (Å²) in [6.07, 6.45) is 3.73. The van der Waals surface area contributed by atoms with Crippen LogP contribution in [0.1, 0.15) is 16.9 Å². The van der Waals surface area contributed by atoms with Crippen molar-refractivity contribution in [2.45, 2.75) is 19.1 Å². The summed E-state index contributed by atoms with van der Waals surface area (Å²) in [6, 6.07) is 7.67. The molecule has 4 aromatic rings. The molecule has 5 rings (SSSR count). The molecule has 1 aliphatic rings. The van der Waals surface area contributed by atoms with Crippen molar-refractivity contribution in [1.29, 1.82) is 0 Å². The van der Waals surface area contributed by atoms with Crippen LogP contribution in [0.15, 0.2) is 41.6 Å². The molecule has 0 radical (unpaired) electrons. The van der Waals surface area contributed by atoms with Crippen LogP contribution in [0.5, 0.6) is 0 Å². The number of morpholine rings is 1. The first-order valence-electron chi connectivity index (χ1n) is 9.99. The maximum Gasteiger partial charge on any atom is 0.360 e. The van der Waals surface area contributed by atoms with Gasteiger partial charge in [-0.15, -0.1) is 5.10 Å². The predicted octanol–water partition coefficient (Wildman–Crippen LogP) is 0.395. The van der Waals surface area contributed by atoms with Gasteiger partial charge >= 0.3 is 5.97 Å². The normalized spacial score (nSPS) is 16.7. The summed E-state index contributed by atoms with van der Waals surface area (Å²) in [5.74, 6) is -0.318. The smallest absolute Gasteiger partial charge is 0.360 e. The molecule has 3 aromatic heterocycles. The Labute approximate surface area is 176 Å². The number of hydrogen-bond acceptors (Lipinski definition) is 8. The van der Waals surface area contributed by atoms with Crippen LogP contribution in [0.2, 0.25) is 0 Å². The molecular formula is C20H21N7O4. The van der Waals surface area contributed by atoms with E-state index >= 15 is 0 Å². The minimum absolute atomic E-state index is 0.0340. The number of esters is 1. The van der Waals surface area contributed by atoms with Crippen LogP contribution in [-0.2, 0) is 16.0 Å². The monoisotopic (exact) mass is 423 g/mol. The minimum Gasteiger partial charge on any atom is -0.464 e. The molecule has 0 spiro atoms. The first-order valence-corrected chi connectivity index (χ1v) is 9.99. The van der Waals surface area contributed by atoms with Crippen LogP contribution in [0.25, 0.3) is 22.4 Å². The third kappa shape index (κ3) is 3.37. The van der Waals surface area contributed by atoms with Gasteiger partial charge in [0.05, 0.1) is 37.1 Å². The zero-order valence-corrected chi connectivity index (χ0v) is 16.9. The second kappa shape index (κ2) is 7.93. The summed E-state index contributed by atoms with van der Waals surface area (Å²) < 4.78 is 15.3. The number of aryl methyl sites for hydroxylation is 1. The zero-order chi connectivity index (χ0) is 21.4. The molecule has 1 saturated heterocycles. The maximum atomic E-state index is 13.6. The Hall–Kier alpha value is -3.57. The third-order valence-electron chi connectivity index (χ3n) is 5.41. The molecule has 1 aliphatic heterocycles. The van der Waals surface area contributed by atoms with Gasteiger partial charge in [-0.1, -0.05) is 17.3 Å². The van der Waals surface area contributed by atoms with Crippen molar-refractivity contribution < 1.29 is 14.3 Å². The molecular weight excluding hydrogens is 402 g/mol. The fourth-order valence-electron chi connectivity index (χ4n) is 3.89. The molecule has 11 heteroatoms. The van der Waals surface area contributed by atoms with Crippen molar-refractivity contribution in [2.75, 3.05) is 26.8 Å². The van der Waals surface area contributed by atoms with E-state index in [2.05, 4.69) is 25.3 Å². The number of imidazole rings is 1. The maximum absolute atomic E-state index is 13.6. The average molecular weight is 423 g/mol. The van der Waals surface area contributed by atoms with Crippen LogP contribution >= 0.6 is 0 Å². The van der Waals surface area contributed by atoms with Crippen molar-refractivity contribution in [1.82, 2.24) is 34.3 Å². The minimum atomic E-state index is -0.612. The molecule has 0 amide bonds. The second-order valence-electron chi connectivity index (χ2n) is 7.26. The highest BCUT2D eigenvalue weighted by Crippen LogP contribution is 2.19. The first-order chi connectivity index (χ1) is 15.2. The van der Waals surface area contributed by atoms with Gasteiger partial charge in [0.15, 0.2) is 17.0 Å². The number of methoxy groups -OCH3 is 1. The number of nitrogens with one attached hydrogen (secondary N) is 1. The molecule has 0 bridgehead atoms. The summed E-state index contributed by atoms with van der Waals surface area (Å²) in [4.78, 5) is 29.7. The van der Waals surface area contributed by atoms with Gasteiger partial charge in [0.2, 0.25) is 0 Å².